The zero-order valence-corrected chi connectivity index (χ0v) is 10.7. The molecule has 2 aromatic rings. The van der Waals surface area contributed by atoms with Gasteiger partial charge in [-0.25, -0.2) is 4.79 Å². The Bertz CT molecular complexity index is 665. The third kappa shape index (κ3) is 2.98. The Balaban J connectivity index is 2.56. The van der Waals surface area contributed by atoms with Gasteiger partial charge in [0.25, 0.3) is 0 Å². The van der Waals surface area contributed by atoms with Crippen LogP contribution >= 0.6 is 0 Å². The molecule has 0 saturated heterocycles. The van der Waals surface area contributed by atoms with E-state index in [1.165, 1.54) is 18.2 Å². The molecule has 2 aromatic carbocycles. The highest BCUT2D eigenvalue weighted by atomic mass is 16.6. The lowest BCUT2D eigenvalue weighted by atomic mass is 10.1. The number of nitro groups is 1. The molecule has 108 valence electrons. The predicted molar refractivity (Wildman–Crippen MR) is 72.5 cm³/mol. The largest absolute Gasteiger partial charge is 0.478 e. The second-order valence-electron chi connectivity index (χ2n) is 4.08. The van der Waals surface area contributed by atoms with Gasteiger partial charge in [0.1, 0.15) is 11.3 Å². The fourth-order valence-electron chi connectivity index (χ4n) is 1.79. The van der Waals surface area contributed by atoms with Crippen LogP contribution in [0.25, 0.3) is 0 Å². The Morgan fingerprint density at radius 3 is 2.52 bits per heavy atom. The molecule has 0 fully saturated rings. The van der Waals surface area contributed by atoms with Crippen molar-refractivity contribution in [3.63, 3.8) is 0 Å². The van der Waals surface area contributed by atoms with Crippen LogP contribution in [0.4, 0.5) is 5.69 Å². The Morgan fingerprint density at radius 1 is 1.19 bits per heavy atom. The van der Waals surface area contributed by atoms with Crippen molar-refractivity contribution < 1.29 is 24.7 Å². The highest BCUT2D eigenvalue weighted by molar-refractivity contribution is 5.92. The first-order chi connectivity index (χ1) is 10.0. The molecule has 7 nitrogen and oxygen atoms in total. The molecule has 0 unspecified atom stereocenters. The molecule has 0 bridgehead atoms. The van der Waals surface area contributed by atoms with E-state index in [4.69, 9.17) is 9.84 Å². The van der Waals surface area contributed by atoms with Gasteiger partial charge in [-0.15, -0.1) is 0 Å². The molecule has 2 rings (SSSR count). The van der Waals surface area contributed by atoms with E-state index in [1.807, 2.05) is 0 Å². The van der Waals surface area contributed by atoms with Crippen LogP contribution in [0.15, 0.2) is 42.5 Å². The number of hydrogen-bond acceptors (Lipinski definition) is 5. The molecule has 0 saturated carbocycles. The van der Waals surface area contributed by atoms with E-state index in [0.717, 1.165) is 6.07 Å². The fourth-order valence-corrected chi connectivity index (χ4v) is 1.79. The molecule has 0 aliphatic heterocycles. The molecular formula is C14H11NO6. The van der Waals surface area contributed by atoms with Crippen LogP contribution in [0.1, 0.15) is 15.9 Å². The number of rotatable bonds is 5. The van der Waals surface area contributed by atoms with Gasteiger partial charge in [0.05, 0.1) is 11.5 Å². The summed E-state index contributed by atoms with van der Waals surface area (Å²) in [7, 11) is 0. The second-order valence-corrected chi connectivity index (χ2v) is 4.08. The summed E-state index contributed by atoms with van der Waals surface area (Å²) >= 11 is 0. The molecule has 0 aliphatic carbocycles. The Kier molecular flexibility index (Phi) is 4.15. The molecule has 0 atom stereocenters. The number of nitrogens with zero attached hydrogens (tertiary/aromatic N) is 1. The average Bonchev–Trinajstić information content (AvgIpc) is 2.47. The van der Waals surface area contributed by atoms with Crippen LogP contribution in [-0.4, -0.2) is 21.1 Å². The second kappa shape index (κ2) is 6.02. The number of carboxylic acids is 1. The summed E-state index contributed by atoms with van der Waals surface area (Å²) in [5.41, 5.74) is -0.383. The lowest BCUT2D eigenvalue weighted by molar-refractivity contribution is -0.385. The number of aliphatic hydroxyl groups excluding tert-OH is 1. The molecule has 0 aliphatic rings. The van der Waals surface area contributed by atoms with Crippen LogP contribution in [-0.2, 0) is 6.61 Å². The number of carboxylic acid groups (broad SMARTS) is 1. The van der Waals surface area contributed by atoms with Crippen LogP contribution in [0.5, 0.6) is 11.5 Å². The lowest BCUT2D eigenvalue weighted by Gasteiger charge is -2.11. The Hall–Kier alpha value is -2.93. The van der Waals surface area contributed by atoms with Crippen LogP contribution < -0.4 is 4.74 Å². The minimum absolute atomic E-state index is 0.164. The maximum absolute atomic E-state index is 11.2. The number of hydrogen-bond donors (Lipinski definition) is 2. The minimum atomic E-state index is -1.34. The molecule has 2 N–H and O–H groups in total. The van der Waals surface area contributed by atoms with Crippen molar-refractivity contribution in [2.24, 2.45) is 0 Å². The first-order valence-electron chi connectivity index (χ1n) is 5.92. The Labute approximate surface area is 119 Å². The van der Waals surface area contributed by atoms with Crippen molar-refractivity contribution in [3.8, 4) is 11.5 Å². The van der Waals surface area contributed by atoms with E-state index in [2.05, 4.69) is 0 Å². The molecule has 0 radical (unpaired) electrons. The monoisotopic (exact) mass is 289 g/mol. The van der Waals surface area contributed by atoms with Gasteiger partial charge < -0.3 is 14.9 Å². The van der Waals surface area contributed by atoms with E-state index in [9.17, 15) is 20.0 Å². The SMILES string of the molecule is O=C(O)c1cccc([N+](=O)[O-])c1Oc1ccccc1CO. The third-order valence-electron chi connectivity index (χ3n) is 2.78. The minimum Gasteiger partial charge on any atom is -0.478 e. The molecule has 0 aromatic heterocycles. The number of carbonyl (C=O) groups is 1. The van der Waals surface area contributed by atoms with Gasteiger partial charge in [-0.2, -0.15) is 0 Å². The number of aliphatic hydroxyl groups is 1. The summed E-state index contributed by atoms with van der Waals surface area (Å²) in [5, 5.41) is 29.4. The van der Waals surface area contributed by atoms with Crippen molar-refractivity contribution >= 4 is 11.7 Å². The molecule has 7 heteroatoms. The van der Waals surface area contributed by atoms with Crippen LogP contribution in [0.3, 0.4) is 0 Å². The average molecular weight is 289 g/mol. The van der Waals surface area contributed by atoms with Crippen molar-refractivity contribution in [2.75, 3.05) is 0 Å². The topological polar surface area (TPSA) is 110 Å². The zero-order valence-electron chi connectivity index (χ0n) is 10.7. The van der Waals surface area contributed by atoms with E-state index in [-0.39, 0.29) is 23.7 Å². The lowest BCUT2D eigenvalue weighted by Crippen LogP contribution is -2.04. The number of ether oxygens (including phenoxy) is 1. The van der Waals surface area contributed by atoms with Crippen LogP contribution in [0, 0.1) is 10.1 Å². The van der Waals surface area contributed by atoms with Gasteiger partial charge in [0.15, 0.2) is 0 Å². The summed E-state index contributed by atoms with van der Waals surface area (Å²) in [6, 6.07) is 9.99. The van der Waals surface area contributed by atoms with E-state index >= 15 is 0 Å². The third-order valence-corrected chi connectivity index (χ3v) is 2.78. The van der Waals surface area contributed by atoms with E-state index < -0.39 is 16.6 Å². The molecule has 21 heavy (non-hydrogen) atoms. The molecular weight excluding hydrogens is 278 g/mol. The van der Waals surface area contributed by atoms with E-state index in [1.54, 1.807) is 18.2 Å². The number of para-hydroxylation sites is 2. The summed E-state index contributed by atoms with van der Waals surface area (Å²) in [6.07, 6.45) is 0. The Morgan fingerprint density at radius 2 is 1.90 bits per heavy atom. The summed E-state index contributed by atoms with van der Waals surface area (Å²) in [6.45, 7) is -0.334. The van der Waals surface area contributed by atoms with Gasteiger partial charge in [-0.1, -0.05) is 24.3 Å². The summed E-state index contributed by atoms with van der Waals surface area (Å²) < 4.78 is 5.40. The maximum Gasteiger partial charge on any atom is 0.339 e. The van der Waals surface area contributed by atoms with Crippen molar-refractivity contribution in [1.29, 1.82) is 0 Å². The van der Waals surface area contributed by atoms with E-state index in [0.29, 0.717) is 5.56 Å². The van der Waals surface area contributed by atoms with Crippen molar-refractivity contribution in [1.82, 2.24) is 0 Å². The van der Waals surface area contributed by atoms with Gasteiger partial charge in [-0.3, -0.25) is 10.1 Å². The maximum atomic E-state index is 11.2. The first-order valence-corrected chi connectivity index (χ1v) is 5.92. The summed E-state index contributed by atoms with van der Waals surface area (Å²) in [5.74, 6) is -1.54. The van der Waals surface area contributed by atoms with Gasteiger partial charge in [-0.05, 0) is 12.1 Å². The molecule has 0 amide bonds. The molecule has 0 spiro atoms. The van der Waals surface area contributed by atoms with Crippen molar-refractivity contribution in [3.05, 3.63) is 63.7 Å². The normalized spacial score (nSPS) is 10.1. The number of benzene rings is 2. The quantitative estimate of drug-likeness (QED) is 0.646. The molecule has 0 heterocycles. The number of aromatic carboxylic acids is 1. The van der Waals surface area contributed by atoms with Crippen molar-refractivity contribution in [2.45, 2.75) is 6.61 Å². The predicted octanol–water partition coefficient (Wildman–Crippen LogP) is 2.58. The highest BCUT2D eigenvalue weighted by Gasteiger charge is 2.24. The first kappa shape index (κ1) is 14.5. The standard InChI is InChI=1S/C14H11NO6/c16-8-9-4-1-2-7-12(9)21-13-10(14(17)18)5-3-6-11(13)15(19)20/h1-7,16H,8H2,(H,17,18). The number of nitro benzene ring substituents is 1. The fraction of sp³-hybridized carbons (Fsp3) is 0.0714. The van der Waals surface area contributed by atoms with Crippen LogP contribution in [0.2, 0.25) is 0 Å². The highest BCUT2D eigenvalue weighted by Crippen LogP contribution is 2.36. The van der Waals surface area contributed by atoms with Gasteiger partial charge in [0, 0.05) is 11.6 Å². The van der Waals surface area contributed by atoms with Gasteiger partial charge >= 0.3 is 11.7 Å². The summed E-state index contributed by atoms with van der Waals surface area (Å²) in [4.78, 5) is 21.5. The zero-order chi connectivity index (χ0) is 15.4. The smallest absolute Gasteiger partial charge is 0.339 e. The van der Waals surface area contributed by atoms with Gasteiger partial charge in [0.2, 0.25) is 5.75 Å².